The predicted octanol–water partition coefficient (Wildman–Crippen LogP) is 1.97. The Bertz CT molecular complexity index is 1240. The van der Waals surface area contributed by atoms with Gasteiger partial charge in [0.25, 0.3) is 17.7 Å². The molecule has 0 spiro atoms. The smallest absolute Gasteiger partial charge is 0.262 e. The van der Waals surface area contributed by atoms with Gasteiger partial charge < -0.3 is 15.2 Å². The molecule has 2 aromatic carbocycles. The molecule has 2 aliphatic rings. The first-order valence-corrected chi connectivity index (χ1v) is 10.9. The van der Waals surface area contributed by atoms with Gasteiger partial charge in [-0.25, -0.2) is 4.98 Å². The summed E-state index contributed by atoms with van der Waals surface area (Å²) in [5, 5.41) is 3.03. The van der Waals surface area contributed by atoms with Crippen LogP contribution >= 0.6 is 0 Å². The van der Waals surface area contributed by atoms with Crippen molar-refractivity contribution in [1.29, 1.82) is 0 Å². The van der Waals surface area contributed by atoms with E-state index in [9.17, 15) is 19.2 Å². The number of nitrogens with zero attached hydrogens (tertiary/aromatic N) is 3. The zero-order chi connectivity index (χ0) is 23.1. The quantitative estimate of drug-likeness (QED) is 0.596. The number of carbonyl (C=O) groups is 4. The third-order valence-electron chi connectivity index (χ3n) is 6.39. The molecule has 4 amide bonds. The molecule has 2 N–H and O–H groups in total. The van der Waals surface area contributed by atoms with E-state index in [1.54, 1.807) is 60.6 Å². The van der Waals surface area contributed by atoms with Crippen molar-refractivity contribution in [2.75, 3.05) is 13.1 Å². The molecule has 9 heteroatoms. The normalized spacial score (nSPS) is 17.4. The summed E-state index contributed by atoms with van der Waals surface area (Å²) in [5.41, 5.74) is 2.80. The van der Waals surface area contributed by atoms with Crippen molar-refractivity contribution in [3.8, 4) is 0 Å². The molecule has 5 rings (SSSR count). The van der Waals surface area contributed by atoms with E-state index in [-0.39, 0.29) is 17.9 Å². The number of amides is 4. The van der Waals surface area contributed by atoms with Crippen LogP contribution in [0.3, 0.4) is 0 Å². The fraction of sp³-hybridized carbons (Fsp3) is 0.292. The van der Waals surface area contributed by atoms with E-state index >= 15 is 0 Å². The molecule has 0 radical (unpaired) electrons. The van der Waals surface area contributed by atoms with Crippen molar-refractivity contribution < 1.29 is 19.2 Å². The standard InChI is InChI=1S/C24H23N5O4/c1-14(29-23(32)17-4-2-3-5-18(17)24(29)33)22(31)28-10-8-16(9-11-28)27-21(30)15-6-7-19-20(12-15)26-13-25-19/h2-7,12-14,16H,8-11H2,1H3,(H,25,26)(H,27,30). The lowest BCUT2D eigenvalue weighted by Gasteiger charge is -2.35. The third kappa shape index (κ3) is 3.65. The number of imidazole rings is 1. The number of hydrogen-bond donors (Lipinski definition) is 2. The second kappa shape index (κ2) is 8.16. The van der Waals surface area contributed by atoms with Gasteiger partial charge >= 0.3 is 0 Å². The van der Waals surface area contributed by atoms with Crippen LogP contribution in [0, 0.1) is 0 Å². The summed E-state index contributed by atoms with van der Waals surface area (Å²) in [5.74, 6) is -1.31. The Morgan fingerprint density at radius 2 is 1.73 bits per heavy atom. The summed E-state index contributed by atoms with van der Waals surface area (Å²) >= 11 is 0. The van der Waals surface area contributed by atoms with Gasteiger partial charge in [-0.2, -0.15) is 0 Å². The maximum Gasteiger partial charge on any atom is 0.262 e. The van der Waals surface area contributed by atoms with Crippen LogP contribution in [0.1, 0.15) is 50.8 Å². The number of rotatable bonds is 4. The van der Waals surface area contributed by atoms with Gasteiger partial charge in [-0.1, -0.05) is 12.1 Å². The van der Waals surface area contributed by atoms with E-state index in [1.165, 1.54) is 0 Å². The van der Waals surface area contributed by atoms with Gasteiger partial charge in [-0.05, 0) is 50.1 Å². The number of H-pyrrole nitrogens is 1. The lowest BCUT2D eigenvalue weighted by Crippen LogP contribution is -2.53. The van der Waals surface area contributed by atoms with Crippen molar-refractivity contribution in [3.63, 3.8) is 0 Å². The van der Waals surface area contributed by atoms with Gasteiger partial charge in [0.15, 0.2) is 0 Å². The average molecular weight is 445 g/mol. The van der Waals surface area contributed by atoms with Crippen molar-refractivity contribution in [1.82, 2.24) is 25.1 Å². The molecule has 3 heterocycles. The minimum atomic E-state index is -0.885. The maximum atomic E-state index is 13.1. The number of hydrogen-bond acceptors (Lipinski definition) is 5. The van der Waals surface area contributed by atoms with Crippen molar-refractivity contribution in [2.45, 2.75) is 31.8 Å². The second-order valence-corrected chi connectivity index (χ2v) is 8.41. The van der Waals surface area contributed by atoms with E-state index in [2.05, 4.69) is 15.3 Å². The first-order chi connectivity index (χ1) is 15.9. The Hall–Kier alpha value is -4.01. The zero-order valence-electron chi connectivity index (χ0n) is 18.1. The molecule has 1 saturated heterocycles. The van der Waals surface area contributed by atoms with E-state index in [1.807, 2.05) is 0 Å². The summed E-state index contributed by atoms with van der Waals surface area (Å²) in [7, 11) is 0. The minimum Gasteiger partial charge on any atom is -0.349 e. The van der Waals surface area contributed by atoms with Crippen LogP contribution < -0.4 is 5.32 Å². The lowest BCUT2D eigenvalue weighted by atomic mass is 10.0. The number of carbonyl (C=O) groups excluding carboxylic acids is 4. The molecule has 0 aliphatic carbocycles. The molecule has 1 fully saturated rings. The molecule has 0 saturated carbocycles. The first kappa shape index (κ1) is 20.9. The number of benzene rings is 2. The van der Waals surface area contributed by atoms with Crippen LogP contribution in [0.4, 0.5) is 0 Å². The van der Waals surface area contributed by atoms with E-state index in [0.717, 1.165) is 15.9 Å². The van der Waals surface area contributed by atoms with Gasteiger partial charge in [-0.3, -0.25) is 24.1 Å². The van der Waals surface area contributed by atoms with Crippen LogP contribution in [0.5, 0.6) is 0 Å². The molecule has 1 unspecified atom stereocenters. The highest BCUT2D eigenvalue weighted by atomic mass is 16.2. The number of aromatic amines is 1. The number of likely N-dealkylation sites (tertiary alicyclic amines) is 1. The number of piperidine rings is 1. The summed E-state index contributed by atoms with van der Waals surface area (Å²) in [6, 6.07) is 11.0. The Morgan fingerprint density at radius 3 is 2.39 bits per heavy atom. The lowest BCUT2D eigenvalue weighted by molar-refractivity contribution is -0.136. The molecular formula is C24H23N5O4. The molecule has 33 heavy (non-hydrogen) atoms. The Kier molecular flexibility index (Phi) is 5.16. The number of aromatic nitrogens is 2. The van der Waals surface area contributed by atoms with E-state index < -0.39 is 17.9 Å². The predicted molar refractivity (Wildman–Crippen MR) is 120 cm³/mol. The second-order valence-electron chi connectivity index (χ2n) is 8.41. The average Bonchev–Trinajstić information content (AvgIpc) is 3.41. The van der Waals surface area contributed by atoms with Gasteiger partial charge in [0.2, 0.25) is 5.91 Å². The highest BCUT2D eigenvalue weighted by Crippen LogP contribution is 2.25. The summed E-state index contributed by atoms with van der Waals surface area (Å²) in [6.45, 7) is 2.47. The fourth-order valence-electron chi connectivity index (χ4n) is 4.52. The monoisotopic (exact) mass is 445 g/mol. The summed E-state index contributed by atoms with van der Waals surface area (Å²) < 4.78 is 0. The zero-order valence-corrected chi connectivity index (χ0v) is 18.1. The number of nitrogens with one attached hydrogen (secondary N) is 2. The minimum absolute atomic E-state index is 0.0615. The summed E-state index contributed by atoms with van der Waals surface area (Å²) in [6.07, 6.45) is 2.78. The van der Waals surface area contributed by atoms with Crippen LogP contribution in [0.2, 0.25) is 0 Å². The Morgan fingerprint density at radius 1 is 1.06 bits per heavy atom. The highest BCUT2D eigenvalue weighted by molar-refractivity contribution is 6.22. The van der Waals surface area contributed by atoms with Crippen molar-refractivity contribution >= 4 is 34.7 Å². The third-order valence-corrected chi connectivity index (χ3v) is 6.39. The molecule has 1 atom stereocenters. The van der Waals surface area contributed by atoms with Gasteiger partial charge in [-0.15, -0.1) is 0 Å². The molecule has 3 aromatic rings. The number of fused-ring (bicyclic) bond motifs is 2. The topological polar surface area (TPSA) is 115 Å². The van der Waals surface area contributed by atoms with Gasteiger partial charge in [0.05, 0.1) is 28.5 Å². The van der Waals surface area contributed by atoms with Crippen LogP contribution in [-0.4, -0.2) is 68.6 Å². The largest absolute Gasteiger partial charge is 0.349 e. The van der Waals surface area contributed by atoms with E-state index in [0.29, 0.717) is 42.6 Å². The molecule has 2 aliphatic heterocycles. The maximum absolute atomic E-state index is 13.1. The molecule has 168 valence electrons. The number of imide groups is 1. The fourth-order valence-corrected chi connectivity index (χ4v) is 4.52. The Labute approximate surface area is 189 Å². The van der Waals surface area contributed by atoms with Crippen LogP contribution in [0.15, 0.2) is 48.8 Å². The van der Waals surface area contributed by atoms with Gasteiger partial charge in [0.1, 0.15) is 6.04 Å². The molecular weight excluding hydrogens is 422 g/mol. The highest BCUT2D eigenvalue weighted by Gasteiger charge is 2.42. The van der Waals surface area contributed by atoms with Crippen molar-refractivity contribution in [3.05, 3.63) is 65.5 Å². The molecule has 9 nitrogen and oxygen atoms in total. The molecule has 0 bridgehead atoms. The van der Waals surface area contributed by atoms with Crippen LogP contribution in [-0.2, 0) is 4.79 Å². The first-order valence-electron chi connectivity index (χ1n) is 10.9. The van der Waals surface area contributed by atoms with Crippen molar-refractivity contribution in [2.24, 2.45) is 0 Å². The van der Waals surface area contributed by atoms with E-state index in [4.69, 9.17) is 0 Å². The van der Waals surface area contributed by atoms with Crippen LogP contribution in [0.25, 0.3) is 11.0 Å². The van der Waals surface area contributed by atoms with Gasteiger partial charge in [0, 0.05) is 24.7 Å². The Balaban J connectivity index is 1.18. The SMILES string of the molecule is CC(C(=O)N1CCC(NC(=O)c2ccc3nc[nH]c3c2)CC1)N1C(=O)c2ccccc2C1=O. The molecule has 1 aromatic heterocycles. The summed E-state index contributed by atoms with van der Waals surface area (Å²) in [4.78, 5) is 60.9.